The van der Waals surface area contributed by atoms with Crippen molar-refractivity contribution in [2.75, 3.05) is 6.54 Å². The largest absolute Gasteiger partial charge is 0.331 e. The van der Waals surface area contributed by atoms with Crippen molar-refractivity contribution in [1.29, 1.82) is 0 Å². The van der Waals surface area contributed by atoms with Gasteiger partial charge in [-0.1, -0.05) is 18.9 Å². The molecule has 5 heteroatoms. The number of fused-ring (bicyclic) bond motifs is 1. The molecule has 23 heavy (non-hydrogen) atoms. The molecule has 4 atom stereocenters. The van der Waals surface area contributed by atoms with E-state index < -0.39 is 0 Å². The first-order valence-corrected chi connectivity index (χ1v) is 8.76. The summed E-state index contributed by atoms with van der Waals surface area (Å²) < 4.78 is 0. The number of likely N-dealkylation sites (tertiary alicyclic amines) is 1. The number of nitrogens with one attached hydrogen (secondary N) is 1. The van der Waals surface area contributed by atoms with Gasteiger partial charge in [0.1, 0.15) is 5.69 Å². The maximum Gasteiger partial charge on any atom is 0.240 e. The van der Waals surface area contributed by atoms with E-state index in [-0.39, 0.29) is 23.8 Å². The smallest absolute Gasteiger partial charge is 0.240 e. The number of pyridine rings is 1. The molecule has 2 saturated heterocycles. The minimum absolute atomic E-state index is 0.0272. The third-order valence-corrected chi connectivity index (χ3v) is 5.68. The quantitative estimate of drug-likeness (QED) is 0.864. The van der Waals surface area contributed by atoms with Crippen molar-refractivity contribution >= 4 is 11.7 Å². The highest BCUT2D eigenvalue weighted by molar-refractivity contribution is 6.02. The molecule has 0 unspecified atom stereocenters. The topological polar surface area (TPSA) is 62.3 Å². The van der Waals surface area contributed by atoms with Crippen LogP contribution in [0.15, 0.2) is 24.4 Å². The summed E-state index contributed by atoms with van der Waals surface area (Å²) in [5.41, 5.74) is 0.461. The summed E-state index contributed by atoms with van der Waals surface area (Å²) in [5, 5.41) is 3.52. The van der Waals surface area contributed by atoms with Gasteiger partial charge in [0.15, 0.2) is 0 Å². The minimum atomic E-state index is -0.318. The first kappa shape index (κ1) is 14.8. The molecular weight excluding hydrogens is 290 g/mol. The van der Waals surface area contributed by atoms with Crippen molar-refractivity contribution in [3.63, 3.8) is 0 Å². The van der Waals surface area contributed by atoms with E-state index in [4.69, 9.17) is 0 Å². The number of amides is 1. The number of rotatable bonds is 3. The number of Topliss-reactive ketones (excluding diaryl/α,β-unsaturated/α-hetero) is 1. The Morgan fingerprint density at radius 3 is 2.74 bits per heavy atom. The van der Waals surface area contributed by atoms with E-state index in [9.17, 15) is 9.59 Å². The normalized spacial score (nSPS) is 33.0. The molecule has 3 fully saturated rings. The molecule has 0 bridgehead atoms. The highest BCUT2D eigenvalue weighted by Crippen LogP contribution is 2.34. The Morgan fingerprint density at radius 1 is 1.17 bits per heavy atom. The third-order valence-electron chi connectivity index (χ3n) is 5.68. The van der Waals surface area contributed by atoms with Gasteiger partial charge in [0.25, 0.3) is 0 Å². The van der Waals surface area contributed by atoms with Gasteiger partial charge < -0.3 is 10.2 Å². The van der Waals surface area contributed by atoms with Gasteiger partial charge in [0.05, 0.1) is 12.1 Å². The second-order valence-corrected chi connectivity index (χ2v) is 7.02. The third kappa shape index (κ3) is 2.67. The van der Waals surface area contributed by atoms with Gasteiger partial charge in [-0.2, -0.15) is 0 Å². The van der Waals surface area contributed by atoms with Crippen LogP contribution in [0.1, 0.15) is 49.0 Å². The monoisotopic (exact) mass is 313 g/mol. The second kappa shape index (κ2) is 6.04. The average molecular weight is 313 g/mol. The number of carbonyl (C=O) groups excluding carboxylic acids is 2. The van der Waals surface area contributed by atoms with Gasteiger partial charge in [-0.05, 0) is 43.7 Å². The van der Waals surface area contributed by atoms with Crippen LogP contribution in [0.3, 0.4) is 0 Å². The Bertz CT molecular complexity index is 590. The predicted octanol–water partition coefficient (Wildman–Crippen LogP) is 1.79. The van der Waals surface area contributed by atoms with E-state index in [0.29, 0.717) is 24.2 Å². The lowest BCUT2D eigenvalue weighted by Crippen LogP contribution is -2.59. The maximum atomic E-state index is 12.8. The number of carbonyl (C=O) groups is 2. The van der Waals surface area contributed by atoms with E-state index in [0.717, 1.165) is 12.8 Å². The van der Waals surface area contributed by atoms with Crippen LogP contribution >= 0.6 is 0 Å². The molecule has 2 aliphatic heterocycles. The molecule has 4 rings (SSSR count). The molecule has 1 amide bonds. The van der Waals surface area contributed by atoms with Crippen molar-refractivity contribution in [1.82, 2.24) is 15.2 Å². The molecule has 1 aromatic heterocycles. The highest BCUT2D eigenvalue weighted by atomic mass is 16.2. The van der Waals surface area contributed by atoms with Gasteiger partial charge in [-0.3, -0.25) is 14.6 Å². The molecule has 0 aromatic carbocycles. The average Bonchev–Trinajstić information content (AvgIpc) is 2.98. The van der Waals surface area contributed by atoms with Crippen LogP contribution in [0.2, 0.25) is 0 Å². The van der Waals surface area contributed by atoms with Crippen LogP contribution < -0.4 is 5.32 Å². The van der Waals surface area contributed by atoms with Crippen LogP contribution in [0.4, 0.5) is 0 Å². The summed E-state index contributed by atoms with van der Waals surface area (Å²) in [5.74, 6) is 0.726. The lowest BCUT2D eigenvalue weighted by Gasteiger charge is -2.41. The molecule has 3 heterocycles. The van der Waals surface area contributed by atoms with E-state index in [1.165, 1.54) is 25.7 Å². The Kier molecular flexibility index (Phi) is 3.89. The molecule has 0 spiro atoms. The van der Waals surface area contributed by atoms with Crippen molar-refractivity contribution < 1.29 is 9.59 Å². The second-order valence-electron chi connectivity index (χ2n) is 7.02. The fourth-order valence-corrected chi connectivity index (χ4v) is 4.31. The van der Waals surface area contributed by atoms with Crippen molar-refractivity contribution in [3.05, 3.63) is 30.1 Å². The number of hydrogen-bond donors (Lipinski definition) is 1. The Labute approximate surface area is 136 Å². The summed E-state index contributed by atoms with van der Waals surface area (Å²) in [6.07, 6.45) is 8.28. The van der Waals surface area contributed by atoms with Gasteiger partial charge in [-0.25, -0.2) is 0 Å². The number of hydrogen-bond acceptors (Lipinski definition) is 4. The summed E-state index contributed by atoms with van der Waals surface area (Å²) in [6, 6.07) is 5.43. The number of nitrogens with zero attached hydrogens (tertiary/aromatic N) is 2. The fraction of sp³-hybridized carbons (Fsp3) is 0.611. The van der Waals surface area contributed by atoms with E-state index in [1.807, 2.05) is 6.07 Å². The van der Waals surface area contributed by atoms with Gasteiger partial charge in [0.2, 0.25) is 11.7 Å². The predicted molar refractivity (Wildman–Crippen MR) is 86.0 cm³/mol. The van der Waals surface area contributed by atoms with Crippen LogP contribution in [0, 0.1) is 5.92 Å². The van der Waals surface area contributed by atoms with Gasteiger partial charge >= 0.3 is 0 Å². The summed E-state index contributed by atoms with van der Waals surface area (Å²) in [7, 11) is 0. The van der Waals surface area contributed by atoms with Crippen molar-refractivity contribution in [2.45, 2.75) is 56.7 Å². The molecule has 0 radical (unpaired) electrons. The molecule has 1 N–H and O–H groups in total. The van der Waals surface area contributed by atoms with Gasteiger partial charge in [0, 0.05) is 18.8 Å². The molecule has 1 saturated carbocycles. The van der Waals surface area contributed by atoms with E-state index in [2.05, 4.69) is 10.3 Å². The summed E-state index contributed by atoms with van der Waals surface area (Å²) in [4.78, 5) is 31.2. The fourth-order valence-electron chi connectivity index (χ4n) is 4.31. The van der Waals surface area contributed by atoms with Crippen molar-refractivity contribution in [3.8, 4) is 0 Å². The molecular formula is C18H23N3O2. The SMILES string of the molecule is O=C(c1ccccn1)[C@H]1CCN1C(=O)[C@@H]1C[C@@H]2CCCC[C@@H]2N1. The molecule has 1 aliphatic carbocycles. The Balaban J connectivity index is 1.42. The van der Waals surface area contributed by atoms with E-state index >= 15 is 0 Å². The number of aromatic nitrogens is 1. The molecule has 1 aromatic rings. The maximum absolute atomic E-state index is 12.8. The van der Waals surface area contributed by atoms with Crippen LogP contribution in [-0.2, 0) is 4.79 Å². The lowest BCUT2D eigenvalue weighted by molar-refractivity contribution is -0.139. The molecule has 5 nitrogen and oxygen atoms in total. The zero-order chi connectivity index (χ0) is 15.8. The van der Waals surface area contributed by atoms with Crippen LogP contribution in [0.25, 0.3) is 0 Å². The first-order chi connectivity index (χ1) is 11.2. The lowest BCUT2D eigenvalue weighted by atomic mass is 9.85. The minimum Gasteiger partial charge on any atom is -0.331 e. The molecule has 122 valence electrons. The number of ketones is 1. The van der Waals surface area contributed by atoms with Crippen LogP contribution in [-0.4, -0.2) is 46.2 Å². The zero-order valence-corrected chi connectivity index (χ0v) is 13.3. The van der Waals surface area contributed by atoms with E-state index in [1.54, 1.807) is 23.2 Å². The first-order valence-electron chi connectivity index (χ1n) is 8.76. The standard InChI is InChI=1S/C18H23N3O2/c22-17(14-7-3-4-9-19-14)16-8-10-21(16)18(23)15-11-12-5-1-2-6-13(12)20-15/h3-4,7,9,12-13,15-16,20H,1-2,5-6,8,10-11H2/t12-,13-,15-,16+/m0/s1. The van der Waals surface area contributed by atoms with Crippen LogP contribution in [0.5, 0.6) is 0 Å². The Hall–Kier alpha value is -1.75. The van der Waals surface area contributed by atoms with Crippen molar-refractivity contribution in [2.24, 2.45) is 5.92 Å². The summed E-state index contributed by atoms with van der Waals surface area (Å²) in [6.45, 7) is 0.690. The highest BCUT2D eigenvalue weighted by Gasteiger charge is 2.45. The molecule has 3 aliphatic rings. The Morgan fingerprint density at radius 2 is 2.04 bits per heavy atom. The van der Waals surface area contributed by atoms with Gasteiger partial charge in [-0.15, -0.1) is 0 Å². The summed E-state index contributed by atoms with van der Waals surface area (Å²) >= 11 is 0. The zero-order valence-electron chi connectivity index (χ0n) is 13.3.